The van der Waals surface area contributed by atoms with Gasteiger partial charge in [0.1, 0.15) is 5.82 Å². The summed E-state index contributed by atoms with van der Waals surface area (Å²) in [5, 5.41) is 10.2. The Morgan fingerprint density at radius 3 is 2.21 bits per heavy atom. The van der Waals surface area contributed by atoms with Crippen molar-refractivity contribution in [3.8, 4) is 23.3 Å². The average Bonchev–Trinajstić information content (AvgIpc) is 2.83. The molecule has 0 spiro atoms. The predicted molar refractivity (Wildman–Crippen MR) is 125 cm³/mol. The minimum atomic E-state index is -0.617. The number of benzene rings is 2. The van der Waals surface area contributed by atoms with Gasteiger partial charge in [-0.25, -0.2) is 0 Å². The number of Topliss-reactive ketones (excluding diaryl/α,β-unsaturated/α-hetero) is 1. The maximum Gasteiger partial charge on any atom is 0.203 e. The third-order valence-corrected chi connectivity index (χ3v) is 6.23. The number of anilines is 1. The molecule has 1 atom stereocenters. The molecule has 1 aliphatic heterocycles. The summed E-state index contributed by atoms with van der Waals surface area (Å²) in [4.78, 5) is 15.2. The second-order valence-corrected chi connectivity index (χ2v) is 8.11. The van der Waals surface area contributed by atoms with Gasteiger partial charge in [0.2, 0.25) is 5.75 Å². The molecule has 1 heterocycles. The maximum atomic E-state index is 13.3. The molecule has 0 bridgehead atoms. The first kappa shape index (κ1) is 22.3. The number of ketones is 1. The van der Waals surface area contributed by atoms with E-state index in [1.165, 1.54) is 21.3 Å². The lowest BCUT2D eigenvalue weighted by Gasteiger charge is -2.39. The fourth-order valence-corrected chi connectivity index (χ4v) is 4.68. The zero-order chi connectivity index (χ0) is 23.7. The number of allylic oxidation sites excluding steroid dienone is 3. The van der Waals surface area contributed by atoms with Gasteiger partial charge in [-0.2, -0.15) is 5.26 Å². The van der Waals surface area contributed by atoms with Gasteiger partial charge in [0.25, 0.3) is 0 Å². The topological polar surface area (TPSA) is 97.8 Å². The van der Waals surface area contributed by atoms with E-state index < -0.39 is 5.92 Å². The number of nitriles is 1. The molecule has 33 heavy (non-hydrogen) atoms. The van der Waals surface area contributed by atoms with Crippen LogP contribution in [-0.2, 0) is 4.79 Å². The first-order valence-electron chi connectivity index (χ1n) is 10.8. The van der Waals surface area contributed by atoms with Crippen LogP contribution in [0.3, 0.4) is 0 Å². The Kier molecular flexibility index (Phi) is 6.01. The molecule has 7 nitrogen and oxygen atoms in total. The minimum Gasteiger partial charge on any atom is -0.493 e. The molecule has 0 aromatic heterocycles. The highest BCUT2D eigenvalue weighted by atomic mass is 16.5. The molecule has 0 amide bonds. The Bertz CT molecular complexity index is 1180. The third kappa shape index (κ3) is 3.68. The molecule has 0 radical (unpaired) electrons. The summed E-state index contributed by atoms with van der Waals surface area (Å²) in [6.45, 7) is 2.01. The van der Waals surface area contributed by atoms with Crippen molar-refractivity contribution in [2.24, 2.45) is 5.73 Å². The van der Waals surface area contributed by atoms with Crippen LogP contribution in [0.25, 0.3) is 0 Å². The highest BCUT2D eigenvalue weighted by Gasteiger charge is 2.41. The molecule has 1 unspecified atom stereocenters. The average molecular weight is 446 g/mol. The SMILES string of the molecule is COc1cc(C2C(C#N)=C(N)N(c3ccc(C)cc3)C3=C2C(=O)CCC3)cc(OC)c1OC. The second-order valence-electron chi connectivity index (χ2n) is 8.11. The summed E-state index contributed by atoms with van der Waals surface area (Å²) in [5.41, 5.74) is 11.0. The minimum absolute atomic E-state index is 0.0207. The van der Waals surface area contributed by atoms with Crippen molar-refractivity contribution in [3.63, 3.8) is 0 Å². The molecule has 2 aromatic carbocycles. The van der Waals surface area contributed by atoms with Crippen LogP contribution in [0.4, 0.5) is 5.69 Å². The van der Waals surface area contributed by atoms with Crippen molar-refractivity contribution >= 4 is 11.5 Å². The van der Waals surface area contributed by atoms with Gasteiger partial charge in [-0.15, -0.1) is 0 Å². The van der Waals surface area contributed by atoms with E-state index in [9.17, 15) is 10.1 Å². The summed E-state index contributed by atoms with van der Waals surface area (Å²) < 4.78 is 16.5. The molecule has 0 saturated heterocycles. The van der Waals surface area contributed by atoms with Crippen molar-refractivity contribution in [2.75, 3.05) is 26.2 Å². The Morgan fingerprint density at radius 2 is 1.67 bits per heavy atom. The van der Waals surface area contributed by atoms with E-state index in [-0.39, 0.29) is 5.78 Å². The molecule has 170 valence electrons. The van der Waals surface area contributed by atoms with Crippen LogP contribution < -0.4 is 24.8 Å². The molecule has 1 aliphatic carbocycles. The van der Waals surface area contributed by atoms with Crippen molar-refractivity contribution in [1.29, 1.82) is 5.26 Å². The molecule has 4 rings (SSSR count). The van der Waals surface area contributed by atoms with Crippen molar-refractivity contribution in [1.82, 2.24) is 0 Å². The summed E-state index contributed by atoms with van der Waals surface area (Å²) >= 11 is 0. The van der Waals surface area contributed by atoms with E-state index in [0.29, 0.717) is 52.6 Å². The Labute approximate surface area is 193 Å². The van der Waals surface area contributed by atoms with Crippen LogP contribution in [0.15, 0.2) is 59.1 Å². The van der Waals surface area contributed by atoms with Gasteiger partial charge in [-0.3, -0.25) is 9.69 Å². The van der Waals surface area contributed by atoms with Gasteiger partial charge in [0.15, 0.2) is 17.3 Å². The standard InChI is InChI=1S/C26H27N3O4/c1-15-8-10-17(11-9-15)29-19-6-5-7-20(30)24(19)23(18(14-27)26(29)28)16-12-21(31-2)25(33-4)22(13-16)32-3/h8-13,23H,5-7,28H2,1-4H3. The quantitative estimate of drug-likeness (QED) is 0.732. The third-order valence-electron chi connectivity index (χ3n) is 6.23. The predicted octanol–water partition coefficient (Wildman–Crippen LogP) is 4.33. The van der Waals surface area contributed by atoms with E-state index in [4.69, 9.17) is 19.9 Å². The van der Waals surface area contributed by atoms with Crippen molar-refractivity contribution in [2.45, 2.75) is 32.1 Å². The second kappa shape index (κ2) is 8.91. The summed E-state index contributed by atoms with van der Waals surface area (Å²) in [7, 11) is 4.60. The van der Waals surface area contributed by atoms with Gasteiger partial charge < -0.3 is 19.9 Å². The molecule has 2 N–H and O–H groups in total. The van der Waals surface area contributed by atoms with E-state index in [1.807, 2.05) is 36.1 Å². The fraction of sp³-hybridized carbons (Fsp3) is 0.308. The summed E-state index contributed by atoms with van der Waals surface area (Å²) in [6, 6.07) is 13.7. The van der Waals surface area contributed by atoms with Crippen LogP contribution >= 0.6 is 0 Å². The van der Waals surface area contributed by atoms with Gasteiger partial charge in [0.05, 0.1) is 38.9 Å². The number of hydrogen-bond acceptors (Lipinski definition) is 7. The Morgan fingerprint density at radius 1 is 1.03 bits per heavy atom. The molecular weight excluding hydrogens is 418 g/mol. The van der Waals surface area contributed by atoms with E-state index in [1.54, 1.807) is 12.1 Å². The molecule has 7 heteroatoms. The lowest BCUT2D eigenvalue weighted by atomic mass is 9.75. The van der Waals surface area contributed by atoms with E-state index in [0.717, 1.165) is 23.4 Å². The highest BCUT2D eigenvalue weighted by Crippen LogP contribution is 2.49. The Balaban J connectivity index is 1.98. The summed E-state index contributed by atoms with van der Waals surface area (Å²) in [5.74, 6) is 1.08. The van der Waals surface area contributed by atoms with Crippen LogP contribution in [0.5, 0.6) is 17.2 Å². The number of ether oxygens (including phenoxy) is 3. The number of carbonyl (C=O) groups excluding carboxylic acids is 1. The molecule has 2 aliphatic rings. The molecule has 2 aromatic rings. The number of nitrogens with two attached hydrogens (primary N) is 1. The molecule has 0 fully saturated rings. The van der Waals surface area contributed by atoms with Gasteiger partial charge in [-0.1, -0.05) is 17.7 Å². The number of carbonyl (C=O) groups is 1. The first-order valence-corrected chi connectivity index (χ1v) is 10.8. The fourth-order valence-electron chi connectivity index (χ4n) is 4.68. The van der Waals surface area contributed by atoms with Crippen LogP contribution in [0.1, 0.15) is 36.3 Å². The number of rotatable bonds is 5. The molecule has 0 saturated carbocycles. The first-order chi connectivity index (χ1) is 15.9. The smallest absolute Gasteiger partial charge is 0.203 e. The largest absolute Gasteiger partial charge is 0.493 e. The number of aryl methyl sites for hydroxylation is 1. The monoisotopic (exact) mass is 445 g/mol. The summed E-state index contributed by atoms with van der Waals surface area (Å²) in [6.07, 6.45) is 1.85. The lowest BCUT2D eigenvalue weighted by molar-refractivity contribution is -0.116. The normalized spacial score (nSPS) is 18.1. The van der Waals surface area contributed by atoms with Crippen molar-refractivity contribution in [3.05, 3.63) is 70.2 Å². The van der Waals surface area contributed by atoms with Gasteiger partial charge in [-0.05, 0) is 49.6 Å². The Hall–Kier alpha value is -3.92. The molecular formula is C26H27N3O4. The van der Waals surface area contributed by atoms with E-state index in [2.05, 4.69) is 6.07 Å². The zero-order valence-electron chi connectivity index (χ0n) is 19.3. The number of nitrogens with zero attached hydrogens (tertiary/aromatic N) is 2. The zero-order valence-corrected chi connectivity index (χ0v) is 19.3. The number of hydrogen-bond donors (Lipinski definition) is 1. The number of methoxy groups -OCH3 is 3. The van der Waals surface area contributed by atoms with Gasteiger partial charge in [0, 0.05) is 23.4 Å². The maximum absolute atomic E-state index is 13.3. The lowest BCUT2D eigenvalue weighted by Crippen LogP contribution is -2.38. The van der Waals surface area contributed by atoms with Crippen LogP contribution in [-0.4, -0.2) is 27.1 Å². The van der Waals surface area contributed by atoms with Crippen molar-refractivity contribution < 1.29 is 19.0 Å². The highest BCUT2D eigenvalue weighted by molar-refractivity contribution is 6.01. The van der Waals surface area contributed by atoms with Crippen LogP contribution in [0.2, 0.25) is 0 Å². The van der Waals surface area contributed by atoms with E-state index >= 15 is 0 Å². The van der Waals surface area contributed by atoms with Gasteiger partial charge >= 0.3 is 0 Å². The van der Waals surface area contributed by atoms with Crippen LogP contribution in [0, 0.1) is 18.3 Å².